The molecule has 13 aromatic rings. The Kier molecular flexibility index (Phi) is 36.1. The quantitative estimate of drug-likeness (QED) is 0.0898. The lowest BCUT2D eigenvalue weighted by molar-refractivity contribution is 0.362. The maximum Gasteiger partial charge on any atom is 0.222 e. The van der Waals surface area contributed by atoms with Gasteiger partial charge in [0.05, 0.1) is 64.9 Å². The molecule has 0 spiro atoms. The molecule has 554 valence electrons. The largest absolute Gasteiger partial charge is 0.481 e. The molecule has 0 bridgehead atoms. The Morgan fingerprint density at radius 1 is 0.467 bits per heavy atom. The molecule has 0 radical (unpaired) electrons. The molecule has 0 saturated heterocycles. The van der Waals surface area contributed by atoms with E-state index in [-0.39, 0.29) is 0 Å². The van der Waals surface area contributed by atoms with Crippen LogP contribution >= 0.6 is 98.5 Å². The smallest absolute Gasteiger partial charge is 0.222 e. The van der Waals surface area contributed by atoms with Crippen molar-refractivity contribution in [2.75, 3.05) is 14.2 Å². The molecule has 0 atom stereocenters. The Labute approximate surface area is 678 Å². The van der Waals surface area contributed by atoms with E-state index in [9.17, 15) is 0 Å². The summed E-state index contributed by atoms with van der Waals surface area (Å²) in [6.07, 6.45) is 11.7. The second kappa shape index (κ2) is 43.6. The van der Waals surface area contributed by atoms with Crippen molar-refractivity contribution >= 4 is 126 Å². The van der Waals surface area contributed by atoms with Gasteiger partial charge in [-0.15, -0.1) is 0 Å². The maximum absolute atomic E-state index is 8.64. The van der Waals surface area contributed by atoms with E-state index in [2.05, 4.69) is 189 Å². The molecule has 0 aliphatic heterocycles. The van der Waals surface area contributed by atoms with Gasteiger partial charge in [0, 0.05) is 113 Å². The molecule has 0 saturated carbocycles. The summed E-state index contributed by atoms with van der Waals surface area (Å²) in [5.74, 6) is 3.51. The zero-order valence-corrected chi connectivity index (χ0v) is 72.3. The molecule has 10 aromatic heterocycles. The Morgan fingerprint density at radius 2 is 1.02 bits per heavy atom. The molecular formula is C84H86Br4Cl3N13O3. The van der Waals surface area contributed by atoms with Crippen LogP contribution < -0.4 is 14.2 Å². The van der Waals surface area contributed by atoms with Gasteiger partial charge in [-0.05, 0) is 305 Å². The Hall–Kier alpha value is -9.09. The van der Waals surface area contributed by atoms with Crippen LogP contribution in [0, 0.1) is 143 Å². The highest BCUT2D eigenvalue weighted by Crippen LogP contribution is 2.31. The fourth-order valence-corrected chi connectivity index (χ4v) is 12.1. The van der Waals surface area contributed by atoms with Crippen molar-refractivity contribution in [3.63, 3.8) is 0 Å². The summed E-state index contributed by atoms with van der Waals surface area (Å²) in [7, 11) is 3.17. The third-order valence-electron chi connectivity index (χ3n) is 16.4. The summed E-state index contributed by atoms with van der Waals surface area (Å²) in [6.45, 7) is 42.7. The first kappa shape index (κ1) is 88.5. The SMILES string of the molecule is COc1ccc(C)c(OC)n1.Cc1c(Cl)cncc1Cl.Cc1c2ccccc2nc2ccccc12.Cc1cc(Br)cnc1C.Cc1cc(C)n(-c2ncccc2C)n1.Cc1cccnc1Oc1cc(C)c(Cl)c(C)c1.Cc1nc(Br)c(C)c(C)c1C.Cc1ncc(Br)cc1Br.[C-]#[N+]c1c(C)ncc(C#N)c1C. The van der Waals surface area contributed by atoms with Crippen LogP contribution in [0.5, 0.6) is 23.4 Å². The Bertz CT molecular complexity index is 5110. The summed E-state index contributed by atoms with van der Waals surface area (Å²) in [4.78, 5) is 40.8. The third kappa shape index (κ3) is 26.7. The molecule has 0 aliphatic carbocycles. The van der Waals surface area contributed by atoms with Crippen LogP contribution in [0.1, 0.15) is 106 Å². The second-order valence-electron chi connectivity index (χ2n) is 24.4. The summed E-state index contributed by atoms with van der Waals surface area (Å²) in [5.41, 5.74) is 22.4. The molecule has 16 nitrogen and oxygen atoms in total. The van der Waals surface area contributed by atoms with E-state index < -0.39 is 0 Å². The second-order valence-corrected chi connectivity index (χ2v) is 29.0. The number of halogens is 7. The number of ether oxygens (including phenoxy) is 3. The summed E-state index contributed by atoms with van der Waals surface area (Å²) >= 11 is 30.9. The van der Waals surface area contributed by atoms with Crippen LogP contribution in [-0.4, -0.2) is 68.9 Å². The number of aryl methyl sites for hydroxylation is 13. The predicted molar refractivity (Wildman–Crippen MR) is 452 cm³/mol. The number of nitrogens with zero attached hydrogens (tertiary/aromatic N) is 13. The van der Waals surface area contributed by atoms with E-state index in [0.717, 1.165) is 113 Å². The van der Waals surface area contributed by atoms with E-state index in [0.29, 0.717) is 44.6 Å². The van der Waals surface area contributed by atoms with Crippen molar-refractivity contribution in [2.24, 2.45) is 0 Å². The van der Waals surface area contributed by atoms with Crippen molar-refractivity contribution in [3.8, 4) is 35.3 Å². The van der Waals surface area contributed by atoms with Crippen molar-refractivity contribution < 1.29 is 14.2 Å². The van der Waals surface area contributed by atoms with Crippen molar-refractivity contribution in [1.82, 2.24) is 54.6 Å². The summed E-state index contributed by atoms with van der Waals surface area (Å²) < 4.78 is 21.6. The zero-order chi connectivity index (χ0) is 79.4. The minimum Gasteiger partial charge on any atom is -0.481 e. The van der Waals surface area contributed by atoms with Gasteiger partial charge in [0.1, 0.15) is 10.4 Å². The van der Waals surface area contributed by atoms with Gasteiger partial charge in [0.15, 0.2) is 5.82 Å². The average Bonchev–Trinajstić information content (AvgIpc) is 1.32. The number of rotatable bonds is 5. The highest BCUT2D eigenvalue weighted by Gasteiger charge is 2.12. The van der Waals surface area contributed by atoms with Crippen LogP contribution in [0.25, 0.3) is 32.5 Å². The number of hydrogen-bond acceptors (Lipinski definition) is 14. The molecule has 3 aromatic carbocycles. The molecular weight excluding hydrogens is 1660 g/mol. The van der Waals surface area contributed by atoms with Gasteiger partial charge in [0.25, 0.3) is 0 Å². The van der Waals surface area contributed by atoms with E-state index >= 15 is 0 Å². The monoisotopic (exact) mass is 1750 g/mol. The van der Waals surface area contributed by atoms with Crippen LogP contribution in [-0.2, 0) is 0 Å². The lowest BCUT2D eigenvalue weighted by Crippen LogP contribution is -2.03. The maximum atomic E-state index is 8.64. The highest BCUT2D eigenvalue weighted by molar-refractivity contribution is 9.11. The summed E-state index contributed by atoms with van der Waals surface area (Å²) in [6, 6.07) is 40.0. The number of pyridine rings is 9. The van der Waals surface area contributed by atoms with Gasteiger partial charge >= 0.3 is 0 Å². The van der Waals surface area contributed by atoms with E-state index in [1.807, 2.05) is 167 Å². The number of hydrogen-bond donors (Lipinski definition) is 0. The van der Waals surface area contributed by atoms with E-state index in [1.165, 1.54) is 44.8 Å². The number of benzene rings is 3. The molecule has 0 amide bonds. The fourth-order valence-electron chi connectivity index (χ4n) is 9.65. The fraction of sp³-hybridized carbons (Fsp3) is 0.238. The molecule has 10 heterocycles. The van der Waals surface area contributed by atoms with Crippen molar-refractivity contribution in [1.29, 1.82) is 5.26 Å². The molecule has 0 fully saturated rings. The number of para-hydroxylation sites is 2. The standard InChI is InChI=1S/C14H14ClNO.C14H11N.C11H13N3.C9H12BrN.C9H7N3.C8H11NO2.C7H8BrN.C6H5Br2N.C6H5Cl2N/c1-9-5-4-6-16-14(9)17-12-7-10(2)13(15)11(3)8-12;1-10-11-6-2-4-8-13(11)15-14-9-5-3-7-12(10)14;1-8-5-4-6-12-11(8)14-10(3)7-9(2)13-14;1-5-6(2)8(4)11-9(10)7(5)3;1-6-8(4-10)5-12-7(2)9(6)11-3;1-6-4-5-7(10-2)9-8(6)11-3;1-5-3-7(8)4-9-6(5)2;1-4-6(8)2-5(7)3-9-4;1-4-5(7)2-9-3-6(4)8/h4-8H,1-3H3;2-9H,1H3;4-7H,1-3H3;1-4H3;5H,1-2H3;4-5H,1-3H3;3-4H,1-2H3;2*2-3H,1H3. The normalized spacial score (nSPS) is 9.99. The Morgan fingerprint density at radius 3 is 1.51 bits per heavy atom. The van der Waals surface area contributed by atoms with Crippen LogP contribution in [0.15, 0.2) is 177 Å². The average molecular weight is 1750 g/mol. The first-order valence-electron chi connectivity index (χ1n) is 33.3. The molecule has 0 N–H and O–H groups in total. The number of methoxy groups -OCH3 is 2. The molecule has 23 heteroatoms. The lowest BCUT2D eigenvalue weighted by atomic mass is 10.0. The first-order valence-corrected chi connectivity index (χ1v) is 37.6. The summed E-state index contributed by atoms with van der Waals surface area (Å²) in [5, 5.41) is 17.5. The van der Waals surface area contributed by atoms with Crippen LogP contribution in [0.4, 0.5) is 5.69 Å². The van der Waals surface area contributed by atoms with Gasteiger partial charge in [-0.3, -0.25) is 19.9 Å². The first-order chi connectivity index (χ1) is 50.7. The molecule has 0 aliphatic rings. The minimum atomic E-state index is 0.478. The number of nitriles is 1. The molecule has 107 heavy (non-hydrogen) atoms. The number of fused-ring (bicyclic) bond motifs is 2. The van der Waals surface area contributed by atoms with Crippen LogP contribution in [0.3, 0.4) is 0 Å². The molecule has 0 unspecified atom stereocenters. The number of aromatic nitrogens is 11. The van der Waals surface area contributed by atoms with Crippen molar-refractivity contribution in [3.05, 3.63) is 310 Å². The topological polar surface area (TPSA) is 190 Å². The Balaban J connectivity index is 0.000000218. The van der Waals surface area contributed by atoms with E-state index in [1.54, 1.807) is 65.1 Å². The van der Waals surface area contributed by atoms with Gasteiger partial charge in [-0.25, -0.2) is 29.5 Å². The lowest BCUT2D eigenvalue weighted by Gasteiger charge is -2.10. The van der Waals surface area contributed by atoms with Gasteiger partial charge in [-0.2, -0.15) is 15.3 Å². The van der Waals surface area contributed by atoms with Crippen LogP contribution in [0.2, 0.25) is 15.1 Å². The van der Waals surface area contributed by atoms with Gasteiger partial charge in [-0.1, -0.05) is 83.3 Å². The van der Waals surface area contributed by atoms with Crippen molar-refractivity contribution in [2.45, 2.75) is 125 Å². The van der Waals surface area contributed by atoms with Gasteiger partial charge < -0.3 is 14.2 Å². The third-order valence-corrected chi connectivity index (χ3v) is 20.2. The van der Waals surface area contributed by atoms with E-state index in [4.69, 9.17) is 60.8 Å². The molecule has 13 rings (SSSR count). The predicted octanol–water partition coefficient (Wildman–Crippen LogP) is 25.0. The highest BCUT2D eigenvalue weighted by atomic mass is 79.9. The minimum absolute atomic E-state index is 0.478. The van der Waals surface area contributed by atoms with Gasteiger partial charge in [0.2, 0.25) is 23.3 Å². The zero-order valence-electron chi connectivity index (χ0n) is 63.7.